The summed E-state index contributed by atoms with van der Waals surface area (Å²) in [6.45, 7) is 0. The Hall–Kier alpha value is -1.09. The lowest BCUT2D eigenvalue weighted by Crippen LogP contribution is -1.75. The minimum absolute atomic E-state index is 0.858. The number of halogens is 1. The number of nitrogens with zero attached hydrogens (tertiary/aromatic N) is 1. The van der Waals surface area contributed by atoms with Gasteiger partial charge >= 0.3 is 0 Å². The van der Waals surface area contributed by atoms with Crippen molar-refractivity contribution in [1.29, 1.82) is 0 Å². The van der Waals surface area contributed by atoms with Crippen molar-refractivity contribution >= 4 is 15.9 Å². The van der Waals surface area contributed by atoms with Crippen molar-refractivity contribution in [2.75, 3.05) is 0 Å². The van der Waals surface area contributed by atoms with Gasteiger partial charge < -0.3 is 4.52 Å². The van der Waals surface area contributed by atoms with Crippen LogP contribution in [0.25, 0.3) is 11.3 Å². The topological polar surface area (TPSA) is 26.0 Å². The van der Waals surface area contributed by atoms with Crippen LogP contribution >= 0.6 is 15.9 Å². The molecule has 0 aliphatic carbocycles. The van der Waals surface area contributed by atoms with E-state index in [1.165, 1.54) is 0 Å². The van der Waals surface area contributed by atoms with Crippen molar-refractivity contribution in [2.24, 2.45) is 0 Å². The first kappa shape index (κ1) is 7.55. The van der Waals surface area contributed by atoms with E-state index in [4.69, 9.17) is 4.52 Å². The van der Waals surface area contributed by atoms with Crippen LogP contribution in [0.5, 0.6) is 0 Å². The molecule has 0 aliphatic rings. The normalized spacial score (nSPS) is 10.1. The van der Waals surface area contributed by atoms with E-state index in [0.29, 0.717) is 0 Å². The third-order valence-corrected chi connectivity index (χ3v) is 2.05. The fourth-order valence-corrected chi connectivity index (χ4v) is 1.41. The van der Waals surface area contributed by atoms with E-state index in [9.17, 15) is 0 Å². The molecule has 0 fully saturated rings. The lowest BCUT2D eigenvalue weighted by Gasteiger charge is -1.94. The second kappa shape index (κ2) is 3.11. The van der Waals surface area contributed by atoms with E-state index < -0.39 is 0 Å². The highest BCUT2D eigenvalue weighted by molar-refractivity contribution is 9.10. The quantitative estimate of drug-likeness (QED) is 0.743. The van der Waals surface area contributed by atoms with Crippen LogP contribution in [-0.2, 0) is 0 Å². The molecule has 0 spiro atoms. The molecule has 2 nitrogen and oxygen atoms in total. The van der Waals surface area contributed by atoms with Crippen LogP contribution in [0.3, 0.4) is 0 Å². The SMILES string of the molecule is Brc1cccc(-c2ccon2)c1. The molecule has 0 unspecified atom stereocenters. The monoisotopic (exact) mass is 223 g/mol. The van der Waals surface area contributed by atoms with E-state index in [0.717, 1.165) is 15.7 Å². The zero-order valence-corrected chi connectivity index (χ0v) is 7.78. The average molecular weight is 224 g/mol. The molecule has 0 saturated carbocycles. The Labute approximate surface area is 78.3 Å². The molecule has 0 bridgehead atoms. The van der Waals surface area contributed by atoms with Crippen molar-refractivity contribution in [3.8, 4) is 11.3 Å². The summed E-state index contributed by atoms with van der Waals surface area (Å²) in [7, 11) is 0. The number of hydrogen-bond acceptors (Lipinski definition) is 2. The van der Waals surface area contributed by atoms with Gasteiger partial charge in [0.1, 0.15) is 12.0 Å². The van der Waals surface area contributed by atoms with E-state index in [1.54, 1.807) is 6.26 Å². The minimum Gasteiger partial charge on any atom is -0.364 e. The number of benzene rings is 1. The third-order valence-electron chi connectivity index (χ3n) is 1.56. The zero-order chi connectivity index (χ0) is 8.39. The van der Waals surface area contributed by atoms with Gasteiger partial charge in [-0.15, -0.1) is 0 Å². The van der Waals surface area contributed by atoms with Crippen LogP contribution in [0.1, 0.15) is 0 Å². The summed E-state index contributed by atoms with van der Waals surface area (Å²) in [5.41, 5.74) is 1.91. The molecule has 12 heavy (non-hydrogen) atoms. The van der Waals surface area contributed by atoms with Gasteiger partial charge in [-0.2, -0.15) is 0 Å². The van der Waals surface area contributed by atoms with Crippen molar-refractivity contribution in [1.82, 2.24) is 5.16 Å². The molecule has 1 aromatic heterocycles. The summed E-state index contributed by atoms with van der Waals surface area (Å²) < 4.78 is 5.79. The van der Waals surface area contributed by atoms with Crippen LogP contribution in [0.2, 0.25) is 0 Å². The second-order valence-corrected chi connectivity index (χ2v) is 3.31. The van der Waals surface area contributed by atoms with Gasteiger partial charge in [-0.05, 0) is 12.1 Å². The van der Waals surface area contributed by atoms with Gasteiger partial charge in [0.2, 0.25) is 0 Å². The lowest BCUT2D eigenvalue weighted by molar-refractivity contribution is 0.422. The molecule has 0 N–H and O–H groups in total. The van der Waals surface area contributed by atoms with Crippen molar-refractivity contribution in [2.45, 2.75) is 0 Å². The Bertz CT molecular complexity index is 370. The molecule has 2 rings (SSSR count). The first-order valence-corrected chi connectivity index (χ1v) is 4.32. The number of aromatic nitrogens is 1. The van der Waals surface area contributed by atoms with E-state index in [1.807, 2.05) is 30.3 Å². The van der Waals surface area contributed by atoms with Gasteiger partial charge in [0.15, 0.2) is 0 Å². The second-order valence-electron chi connectivity index (χ2n) is 2.40. The predicted molar refractivity (Wildman–Crippen MR) is 49.6 cm³/mol. The van der Waals surface area contributed by atoms with Crippen molar-refractivity contribution in [3.63, 3.8) is 0 Å². The number of hydrogen-bond donors (Lipinski definition) is 0. The van der Waals surface area contributed by atoms with Crippen LogP contribution in [0.4, 0.5) is 0 Å². The summed E-state index contributed by atoms with van der Waals surface area (Å²) in [5.74, 6) is 0. The molecule has 3 heteroatoms. The van der Waals surface area contributed by atoms with Gasteiger partial charge in [0.05, 0.1) is 0 Å². The predicted octanol–water partition coefficient (Wildman–Crippen LogP) is 3.10. The van der Waals surface area contributed by atoms with E-state index >= 15 is 0 Å². The Morgan fingerprint density at radius 3 is 2.83 bits per heavy atom. The maximum absolute atomic E-state index is 4.74. The molecule has 0 radical (unpaired) electrons. The fraction of sp³-hybridized carbons (Fsp3) is 0. The molecule has 0 atom stereocenters. The molecule has 1 aromatic carbocycles. The summed E-state index contributed by atoms with van der Waals surface area (Å²) >= 11 is 3.39. The highest BCUT2D eigenvalue weighted by Gasteiger charge is 1.99. The minimum atomic E-state index is 0.858. The Balaban J connectivity index is 2.48. The molecule has 0 aliphatic heterocycles. The van der Waals surface area contributed by atoms with Gasteiger partial charge in [0.25, 0.3) is 0 Å². The number of rotatable bonds is 1. The molecule has 60 valence electrons. The zero-order valence-electron chi connectivity index (χ0n) is 6.20. The van der Waals surface area contributed by atoms with Crippen LogP contribution in [0.15, 0.2) is 45.6 Å². The molecule has 0 saturated heterocycles. The lowest BCUT2D eigenvalue weighted by atomic mass is 10.2. The van der Waals surface area contributed by atoms with Gasteiger partial charge in [-0.3, -0.25) is 0 Å². The standard InChI is InChI=1S/C9H6BrNO/c10-8-3-1-2-7(6-8)9-4-5-12-11-9/h1-6H. The maximum Gasteiger partial charge on any atom is 0.124 e. The first-order valence-electron chi connectivity index (χ1n) is 3.52. The highest BCUT2D eigenvalue weighted by Crippen LogP contribution is 2.20. The molecule has 2 aromatic rings. The molecular weight excluding hydrogens is 218 g/mol. The van der Waals surface area contributed by atoms with Crippen LogP contribution in [0, 0.1) is 0 Å². The third kappa shape index (κ3) is 1.41. The summed E-state index contributed by atoms with van der Waals surface area (Å²) in [4.78, 5) is 0. The average Bonchev–Trinajstić information content (AvgIpc) is 2.56. The van der Waals surface area contributed by atoms with E-state index in [2.05, 4.69) is 21.1 Å². The molecule has 0 amide bonds. The smallest absolute Gasteiger partial charge is 0.124 e. The van der Waals surface area contributed by atoms with Crippen LogP contribution < -0.4 is 0 Å². The summed E-state index contributed by atoms with van der Waals surface area (Å²) in [5, 5.41) is 3.83. The first-order chi connectivity index (χ1) is 5.86. The fourth-order valence-electron chi connectivity index (χ4n) is 1.01. The molecular formula is C9H6BrNO. The largest absolute Gasteiger partial charge is 0.364 e. The van der Waals surface area contributed by atoms with Crippen molar-refractivity contribution < 1.29 is 4.52 Å². The Morgan fingerprint density at radius 2 is 2.17 bits per heavy atom. The highest BCUT2D eigenvalue weighted by atomic mass is 79.9. The van der Waals surface area contributed by atoms with Gasteiger partial charge in [-0.1, -0.05) is 33.2 Å². The van der Waals surface area contributed by atoms with Gasteiger partial charge in [0, 0.05) is 16.1 Å². The maximum atomic E-state index is 4.74. The Kier molecular flexibility index (Phi) is 1.96. The molecule has 1 heterocycles. The summed E-state index contributed by atoms with van der Waals surface area (Å²) in [6.07, 6.45) is 1.57. The van der Waals surface area contributed by atoms with Crippen molar-refractivity contribution in [3.05, 3.63) is 41.1 Å². The van der Waals surface area contributed by atoms with Gasteiger partial charge in [-0.25, -0.2) is 0 Å². The van der Waals surface area contributed by atoms with E-state index in [-0.39, 0.29) is 0 Å². The Morgan fingerprint density at radius 1 is 1.25 bits per heavy atom. The van der Waals surface area contributed by atoms with Crippen LogP contribution in [-0.4, -0.2) is 5.16 Å². The summed E-state index contributed by atoms with van der Waals surface area (Å²) in [6, 6.07) is 9.76.